The van der Waals surface area contributed by atoms with Crippen molar-refractivity contribution >= 4 is 11.9 Å². The molecule has 2 N–H and O–H groups in total. The molecule has 0 saturated carbocycles. The van der Waals surface area contributed by atoms with E-state index < -0.39 is 0 Å². The standard InChI is InChI=1S/C13H21N7/c1-4-10(5-2)8-16-12-17-11(14-3)18-13(19-12)20-7-6-15-9-20/h6-7,9-10H,4-5,8H2,1-3H3,(H2,14,16,17,18,19). The molecule has 0 saturated heterocycles. The summed E-state index contributed by atoms with van der Waals surface area (Å²) in [6.07, 6.45) is 7.45. The highest BCUT2D eigenvalue weighted by molar-refractivity contribution is 5.37. The monoisotopic (exact) mass is 275 g/mol. The number of hydrogen-bond acceptors (Lipinski definition) is 6. The Bertz CT molecular complexity index is 520. The molecule has 0 spiro atoms. The number of nitrogens with one attached hydrogen (secondary N) is 2. The molecule has 0 aromatic carbocycles. The molecule has 0 amide bonds. The van der Waals surface area contributed by atoms with Gasteiger partial charge < -0.3 is 10.6 Å². The quantitative estimate of drug-likeness (QED) is 0.804. The highest BCUT2D eigenvalue weighted by Gasteiger charge is 2.09. The van der Waals surface area contributed by atoms with Crippen LogP contribution in [0.15, 0.2) is 18.7 Å². The SMILES string of the molecule is CCC(CC)CNc1nc(NC)nc(-n2ccnc2)n1. The Balaban J connectivity index is 2.18. The van der Waals surface area contributed by atoms with Crippen molar-refractivity contribution in [1.82, 2.24) is 24.5 Å². The van der Waals surface area contributed by atoms with Crippen LogP contribution in [0.1, 0.15) is 26.7 Å². The third-order valence-electron chi connectivity index (χ3n) is 3.29. The maximum Gasteiger partial charge on any atom is 0.241 e. The largest absolute Gasteiger partial charge is 0.357 e. The molecule has 2 aromatic heterocycles. The summed E-state index contributed by atoms with van der Waals surface area (Å²) in [5.41, 5.74) is 0. The van der Waals surface area contributed by atoms with Crippen molar-refractivity contribution in [2.45, 2.75) is 26.7 Å². The first-order valence-corrected chi connectivity index (χ1v) is 6.92. The van der Waals surface area contributed by atoms with Gasteiger partial charge in [-0.05, 0) is 5.92 Å². The lowest BCUT2D eigenvalue weighted by atomic mass is 10.0. The van der Waals surface area contributed by atoms with Crippen molar-refractivity contribution in [1.29, 1.82) is 0 Å². The van der Waals surface area contributed by atoms with E-state index in [2.05, 4.69) is 44.4 Å². The summed E-state index contributed by atoms with van der Waals surface area (Å²) < 4.78 is 1.75. The molecule has 7 nitrogen and oxygen atoms in total. The third-order valence-corrected chi connectivity index (χ3v) is 3.29. The Morgan fingerprint density at radius 2 is 1.90 bits per heavy atom. The normalized spacial score (nSPS) is 10.8. The molecule has 0 radical (unpaired) electrons. The van der Waals surface area contributed by atoms with Crippen molar-refractivity contribution < 1.29 is 0 Å². The lowest BCUT2D eigenvalue weighted by Crippen LogP contribution is -2.16. The molecule has 7 heteroatoms. The van der Waals surface area contributed by atoms with Gasteiger partial charge in [0.1, 0.15) is 6.33 Å². The van der Waals surface area contributed by atoms with Gasteiger partial charge in [-0.15, -0.1) is 0 Å². The molecular weight excluding hydrogens is 254 g/mol. The van der Waals surface area contributed by atoms with E-state index in [1.165, 1.54) is 0 Å². The van der Waals surface area contributed by atoms with Crippen molar-refractivity contribution in [3.8, 4) is 5.95 Å². The molecule has 108 valence electrons. The van der Waals surface area contributed by atoms with Gasteiger partial charge in [0.15, 0.2) is 0 Å². The van der Waals surface area contributed by atoms with Crippen molar-refractivity contribution in [2.75, 3.05) is 24.2 Å². The van der Waals surface area contributed by atoms with E-state index >= 15 is 0 Å². The minimum Gasteiger partial charge on any atom is -0.357 e. The molecule has 2 heterocycles. The highest BCUT2D eigenvalue weighted by atomic mass is 15.3. The molecule has 0 unspecified atom stereocenters. The van der Waals surface area contributed by atoms with Gasteiger partial charge in [0.05, 0.1) is 0 Å². The number of hydrogen-bond donors (Lipinski definition) is 2. The van der Waals surface area contributed by atoms with Crippen LogP contribution in [0, 0.1) is 5.92 Å². The van der Waals surface area contributed by atoms with Crippen LogP contribution in [0.5, 0.6) is 0 Å². The maximum absolute atomic E-state index is 4.41. The van der Waals surface area contributed by atoms with Crippen LogP contribution in [-0.4, -0.2) is 38.1 Å². The minimum atomic E-state index is 0.538. The van der Waals surface area contributed by atoms with E-state index in [0.717, 1.165) is 19.4 Å². The average molecular weight is 275 g/mol. The molecule has 2 aromatic rings. The summed E-state index contributed by atoms with van der Waals surface area (Å²) in [4.78, 5) is 17.1. The van der Waals surface area contributed by atoms with E-state index in [9.17, 15) is 0 Å². The van der Waals surface area contributed by atoms with Crippen molar-refractivity contribution in [2.24, 2.45) is 5.92 Å². The predicted molar refractivity (Wildman–Crippen MR) is 79.1 cm³/mol. The van der Waals surface area contributed by atoms with Crippen LogP contribution in [-0.2, 0) is 0 Å². The smallest absolute Gasteiger partial charge is 0.241 e. The molecule has 0 atom stereocenters. The fourth-order valence-electron chi connectivity index (χ4n) is 1.86. The molecule has 0 fully saturated rings. The number of aromatic nitrogens is 5. The van der Waals surface area contributed by atoms with E-state index in [4.69, 9.17) is 0 Å². The predicted octanol–water partition coefficient (Wildman–Crippen LogP) is 1.95. The molecule has 0 bridgehead atoms. The molecule has 0 aliphatic carbocycles. The fraction of sp³-hybridized carbons (Fsp3) is 0.538. The van der Waals surface area contributed by atoms with Gasteiger partial charge in [0.2, 0.25) is 17.8 Å². The summed E-state index contributed by atoms with van der Waals surface area (Å²) in [6, 6.07) is 0. The summed E-state index contributed by atoms with van der Waals surface area (Å²) in [7, 11) is 1.79. The second kappa shape index (κ2) is 6.83. The number of imidazole rings is 1. The minimum absolute atomic E-state index is 0.538. The van der Waals surface area contributed by atoms with Crippen molar-refractivity contribution in [3.63, 3.8) is 0 Å². The number of rotatable bonds is 7. The summed E-state index contributed by atoms with van der Waals surface area (Å²) >= 11 is 0. The van der Waals surface area contributed by atoms with Gasteiger partial charge in [0.25, 0.3) is 0 Å². The number of anilines is 2. The third kappa shape index (κ3) is 3.43. The van der Waals surface area contributed by atoms with Gasteiger partial charge in [-0.3, -0.25) is 4.57 Å². The van der Waals surface area contributed by atoms with Crippen LogP contribution in [0.2, 0.25) is 0 Å². The van der Waals surface area contributed by atoms with Gasteiger partial charge >= 0.3 is 0 Å². The summed E-state index contributed by atoms with van der Waals surface area (Å²) in [5, 5.41) is 6.24. The Hall–Kier alpha value is -2.18. The molecule has 0 aliphatic rings. The molecule has 20 heavy (non-hydrogen) atoms. The van der Waals surface area contributed by atoms with Gasteiger partial charge in [-0.2, -0.15) is 15.0 Å². The Morgan fingerprint density at radius 3 is 2.50 bits per heavy atom. The van der Waals surface area contributed by atoms with Gasteiger partial charge in [-0.25, -0.2) is 4.98 Å². The van der Waals surface area contributed by atoms with Gasteiger partial charge in [-0.1, -0.05) is 26.7 Å². The van der Waals surface area contributed by atoms with Crippen LogP contribution in [0.3, 0.4) is 0 Å². The molecule has 0 aliphatic heterocycles. The zero-order valence-electron chi connectivity index (χ0n) is 12.2. The number of nitrogens with zero attached hydrogens (tertiary/aromatic N) is 5. The van der Waals surface area contributed by atoms with Crippen LogP contribution in [0.4, 0.5) is 11.9 Å². The topological polar surface area (TPSA) is 80.5 Å². The first-order chi connectivity index (χ1) is 9.76. The van der Waals surface area contributed by atoms with Gasteiger partial charge in [0, 0.05) is 26.0 Å². The lowest BCUT2D eigenvalue weighted by Gasteiger charge is -2.14. The first kappa shape index (κ1) is 14.2. The second-order valence-electron chi connectivity index (χ2n) is 4.57. The highest BCUT2D eigenvalue weighted by Crippen LogP contribution is 2.11. The van der Waals surface area contributed by atoms with Crippen LogP contribution in [0.25, 0.3) is 5.95 Å². The molecule has 2 rings (SSSR count). The van der Waals surface area contributed by atoms with E-state index in [0.29, 0.717) is 23.8 Å². The van der Waals surface area contributed by atoms with E-state index in [1.54, 1.807) is 30.3 Å². The van der Waals surface area contributed by atoms with Crippen LogP contribution >= 0.6 is 0 Å². The zero-order chi connectivity index (χ0) is 14.4. The fourth-order valence-corrected chi connectivity index (χ4v) is 1.86. The van der Waals surface area contributed by atoms with Crippen LogP contribution < -0.4 is 10.6 Å². The Morgan fingerprint density at radius 1 is 1.15 bits per heavy atom. The Labute approximate surface area is 118 Å². The average Bonchev–Trinajstić information content (AvgIpc) is 3.02. The van der Waals surface area contributed by atoms with E-state index in [-0.39, 0.29) is 0 Å². The Kier molecular flexibility index (Phi) is 4.86. The van der Waals surface area contributed by atoms with E-state index in [1.807, 2.05) is 0 Å². The summed E-state index contributed by atoms with van der Waals surface area (Å²) in [6.45, 7) is 5.25. The zero-order valence-corrected chi connectivity index (χ0v) is 12.2. The second-order valence-corrected chi connectivity index (χ2v) is 4.57. The lowest BCUT2D eigenvalue weighted by molar-refractivity contribution is 0.517. The summed E-state index contributed by atoms with van der Waals surface area (Å²) in [5.74, 6) is 2.30. The maximum atomic E-state index is 4.41. The van der Waals surface area contributed by atoms with Crippen molar-refractivity contribution in [3.05, 3.63) is 18.7 Å². The molecular formula is C13H21N7. The first-order valence-electron chi connectivity index (χ1n) is 6.92.